The van der Waals surface area contributed by atoms with Crippen molar-refractivity contribution in [2.24, 2.45) is 0 Å². The molecular formula is C53H30N2. The molecular weight excluding hydrogens is 665 g/mol. The van der Waals surface area contributed by atoms with E-state index in [9.17, 15) is 0 Å². The van der Waals surface area contributed by atoms with Gasteiger partial charge in [0.25, 0.3) is 0 Å². The number of aromatic nitrogens is 2. The molecule has 0 saturated heterocycles. The van der Waals surface area contributed by atoms with Gasteiger partial charge in [-0.25, -0.2) is 0 Å². The maximum Gasteiger partial charge on any atom is 0.0703 e. The average molecular weight is 695 g/mol. The summed E-state index contributed by atoms with van der Waals surface area (Å²) in [6.45, 7) is 0. The number of rotatable bonds is 3. The normalized spacial score (nSPS) is 12.4. The van der Waals surface area contributed by atoms with Gasteiger partial charge in [0.2, 0.25) is 0 Å². The second kappa shape index (κ2) is 10.7. The summed E-state index contributed by atoms with van der Waals surface area (Å²) in [6, 6.07) is 65.4. The van der Waals surface area contributed by atoms with E-state index < -0.39 is 0 Å². The van der Waals surface area contributed by atoms with Gasteiger partial charge in [0.1, 0.15) is 0 Å². The highest BCUT2D eigenvalue weighted by molar-refractivity contribution is 6.27. The van der Waals surface area contributed by atoms with Crippen molar-refractivity contribution in [2.45, 2.75) is 0 Å². The van der Waals surface area contributed by atoms with Crippen LogP contribution in [0.25, 0.3) is 125 Å². The van der Waals surface area contributed by atoms with Crippen molar-refractivity contribution in [3.05, 3.63) is 182 Å². The third kappa shape index (κ3) is 4.00. The number of hydrogen-bond donors (Lipinski definition) is 0. The number of fused-ring (bicyclic) bond motifs is 4. The van der Waals surface area contributed by atoms with Crippen molar-refractivity contribution < 1.29 is 0 Å². The summed E-state index contributed by atoms with van der Waals surface area (Å²) < 4.78 is 2.39. The number of para-hydroxylation sites is 1. The predicted molar refractivity (Wildman–Crippen MR) is 234 cm³/mol. The van der Waals surface area contributed by atoms with Gasteiger partial charge in [0.15, 0.2) is 0 Å². The molecule has 2 nitrogen and oxygen atoms in total. The molecule has 0 saturated carbocycles. The van der Waals surface area contributed by atoms with Gasteiger partial charge in [-0.15, -0.1) is 0 Å². The standard InChI is InChI=1S/C53H30N2/c1-2-10-47-39(5-1)27-40(30-54-47)55-48-25-19-37(41-21-15-35-13-11-31-6-3-8-33-17-23-43(41)52(35)50(31)33)28-45(48)46-29-38(20-26-49(46)55)42-22-16-36-14-12-32-7-4-9-34-18-24-44(42)53(36)51(32)34/h1-30H. The lowest BCUT2D eigenvalue weighted by Crippen LogP contribution is -1.95. The average Bonchev–Trinajstić information content (AvgIpc) is 3.57. The van der Waals surface area contributed by atoms with Gasteiger partial charge in [0, 0.05) is 16.2 Å². The Morgan fingerprint density at radius 3 is 1.33 bits per heavy atom. The van der Waals surface area contributed by atoms with Gasteiger partial charge in [-0.1, -0.05) is 140 Å². The zero-order valence-electron chi connectivity index (χ0n) is 29.7. The number of hydrogen-bond acceptors (Lipinski definition) is 1. The topological polar surface area (TPSA) is 17.8 Å². The molecule has 2 heterocycles. The fourth-order valence-electron chi connectivity index (χ4n) is 9.79. The van der Waals surface area contributed by atoms with Crippen LogP contribution in [-0.4, -0.2) is 9.55 Å². The number of nitrogens with zero attached hydrogens (tertiary/aromatic N) is 2. The third-order valence-corrected chi connectivity index (χ3v) is 12.3. The SMILES string of the molecule is c1ccc2ncc(-n3c4ccc(-c5ccc6ccc7cccc8ccc5c6c78)cc4c4cc(-c5ccc6ccc7cccc8ccc5c6c78)ccc43)cc2c1. The molecule has 0 aliphatic carbocycles. The fraction of sp³-hybridized carbons (Fsp3) is 0. The molecule has 0 radical (unpaired) electrons. The van der Waals surface area contributed by atoms with E-state index in [2.05, 4.69) is 180 Å². The lowest BCUT2D eigenvalue weighted by molar-refractivity contribution is 1.16. The first-order valence-electron chi connectivity index (χ1n) is 19.0. The Morgan fingerprint density at radius 1 is 0.327 bits per heavy atom. The highest BCUT2D eigenvalue weighted by atomic mass is 15.0. The minimum atomic E-state index is 1.000. The summed E-state index contributed by atoms with van der Waals surface area (Å²) in [6.07, 6.45) is 2.02. The molecule has 55 heavy (non-hydrogen) atoms. The molecule has 2 heteroatoms. The molecule has 0 fully saturated rings. The van der Waals surface area contributed by atoms with Crippen LogP contribution in [0.3, 0.4) is 0 Å². The van der Waals surface area contributed by atoms with E-state index in [-0.39, 0.29) is 0 Å². The smallest absolute Gasteiger partial charge is 0.0703 e. The molecule has 2 aromatic heterocycles. The molecule has 0 spiro atoms. The van der Waals surface area contributed by atoms with Gasteiger partial charge in [-0.3, -0.25) is 4.98 Å². The number of pyridine rings is 1. The highest BCUT2D eigenvalue weighted by Crippen LogP contribution is 2.44. The highest BCUT2D eigenvalue weighted by Gasteiger charge is 2.19. The van der Waals surface area contributed by atoms with Crippen LogP contribution in [0.2, 0.25) is 0 Å². The van der Waals surface area contributed by atoms with Crippen LogP contribution >= 0.6 is 0 Å². The monoisotopic (exact) mass is 694 g/mol. The Morgan fingerprint density at radius 2 is 0.782 bits per heavy atom. The van der Waals surface area contributed by atoms with Crippen LogP contribution in [0.15, 0.2) is 182 Å². The summed E-state index contributed by atoms with van der Waals surface area (Å²) in [4.78, 5) is 4.91. The lowest BCUT2D eigenvalue weighted by atomic mass is 9.89. The number of benzene rings is 11. The molecule has 13 aromatic rings. The van der Waals surface area contributed by atoms with Gasteiger partial charge in [-0.05, 0) is 123 Å². The van der Waals surface area contributed by atoms with Gasteiger partial charge < -0.3 is 4.57 Å². The molecule has 0 aliphatic rings. The Kier molecular flexibility index (Phi) is 5.66. The Bertz CT molecular complexity index is 3480. The fourth-order valence-corrected chi connectivity index (χ4v) is 9.79. The van der Waals surface area contributed by atoms with Crippen molar-refractivity contribution in [2.75, 3.05) is 0 Å². The van der Waals surface area contributed by atoms with E-state index >= 15 is 0 Å². The van der Waals surface area contributed by atoms with E-state index in [0.29, 0.717) is 0 Å². The van der Waals surface area contributed by atoms with Crippen LogP contribution in [0.1, 0.15) is 0 Å². The Balaban J connectivity index is 1.09. The zero-order chi connectivity index (χ0) is 35.8. The minimum absolute atomic E-state index is 1.000. The lowest BCUT2D eigenvalue weighted by Gasteiger charge is -2.14. The van der Waals surface area contributed by atoms with Gasteiger partial charge in [-0.2, -0.15) is 0 Å². The summed E-state index contributed by atoms with van der Waals surface area (Å²) in [5.74, 6) is 0. The van der Waals surface area contributed by atoms with E-state index in [1.165, 1.54) is 109 Å². The van der Waals surface area contributed by atoms with Crippen molar-refractivity contribution in [1.82, 2.24) is 9.55 Å². The van der Waals surface area contributed by atoms with Crippen molar-refractivity contribution in [1.29, 1.82) is 0 Å². The molecule has 0 N–H and O–H groups in total. The Labute approximate surface area is 315 Å². The molecule has 13 rings (SSSR count). The quantitative estimate of drug-likeness (QED) is 0.168. The van der Waals surface area contributed by atoms with Crippen LogP contribution in [0.5, 0.6) is 0 Å². The van der Waals surface area contributed by atoms with E-state index in [1.54, 1.807) is 0 Å². The maximum absolute atomic E-state index is 4.91. The van der Waals surface area contributed by atoms with Gasteiger partial charge in [0.05, 0.1) is 28.4 Å². The Hall–Kier alpha value is -7.29. The molecule has 0 amide bonds. The molecule has 0 atom stereocenters. The molecule has 0 aliphatic heterocycles. The second-order valence-electron chi connectivity index (χ2n) is 15.1. The van der Waals surface area contributed by atoms with E-state index in [4.69, 9.17) is 4.98 Å². The minimum Gasteiger partial charge on any atom is -0.308 e. The first kappa shape index (κ1) is 29.2. The summed E-state index contributed by atoms with van der Waals surface area (Å²) in [5.41, 5.74) is 9.34. The molecule has 11 aromatic carbocycles. The molecule has 0 bridgehead atoms. The molecule has 0 unspecified atom stereocenters. The third-order valence-electron chi connectivity index (χ3n) is 12.3. The van der Waals surface area contributed by atoms with Crippen LogP contribution in [-0.2, 0) is 0 Å². The van der Waals surface area contributed by atoms with Crippen LogP contribution < -0.4 is 0 Å². The van der Waals surface area contributed by atoms with Crippen molar-refractivity contribution in [3.63, 3.8) is 0 Å². The maximum atomic E-state index is 4.91. The summed E-state index contributed by atoms with van der Waals surface area (Å²) >= 11 is 0. The van der Waals surface area contributed by atoms with Crippen molar-refractivity contribution in [3.8, 4) is 27.9 Å². The first-order chi connectivity index (χ1) is 27.2. The van der Waals surface area contributed by atoms with Crippen LogP contribution in [0, 0.1) is 0 Å². The van der Waals surface area contributed by atoms with E-state index in [1.807, 2.05) is 6.20 Å². The van der Waals surface area contributed by atoms with Crippen LogP contribution in [0.4, 0.5) is 0 Å². The molecule has 252 valence electrons. The first-order valence-corrected chi connectivity index (χ1v) is 19.0. The van der Waals surface area contributed by atoms with Gasteiger partial charge >= 0.3 is 0 Å². The largest absolute Gasteiger partial charge is 0.308 e. The summed E-state index contributed by atoms with van der Waals surface area (Å²) in [5, 5.41) is 19.2. The summed E-state index contributed by atoms with van der Waals surface area (Å²) in [7, 11) is 0. The second-order valence-corrected chi connectivity index (χ2v) is 15.1. The van der Waals surface area contributed by atoms with Crippen molar-refractivity contribution >= 4 is 97.3 Å². The zero-order valence-corrected chi connectivity index (χ0v) is 29.7. The predicted octanol–water partition coefficient (Wildman–Crippen LogP) is 14.5. The van der Waals surface area contributed by atoms with E-state index in [0.717, 1.165) is 16.6 Å².